The standard InChI is InChI=1S/C11H14FNO2/c1-6(2)10(13)8-5-7(11(14)15)3-4-9(8)12/h3-6,10H,13H2,1-2H3,(H,14,15)/t10-/m0/s1. The Labute approximate surface area is 87.7 Å². The van der Waals surface area contributed by atoms with Gasteiger partial charge in [-0.1, -0.05) is 13.8 Å². The van der Waals surface area contributed by atoms with Crippen molar-refractivity contribution in [1.29, 1.82) is 0 Å². The van der Waals surface area contributed by atoms with Gasteiger partial charge in [-0.15, -0.1) is 0 Å². The van der Waals surface area contributed by atoms with Crippen LogP contribution in [0.25, 0.3) is 0 Å². The lowest BCUT2D eigenvalue weighted by Gasteiger charge is -2.17. The van der Waals surface area contributed by atoms with E-state index in [-0.39, 0.29) is 17.0 Å². The monoisotopic (exact) mass is 211 g/mol. The predicted octanol–water partition coefficient (Wildman–Crippen LogP) is 2.18. The third-order valence-corrected chi connectivity index (χ3v) is 2.32. The fraction of sp³-hybridized carbons (Fsp3) is 0.364. The number of hydrogen-bond acceptors (Lipinski definition) is 2. The van der Waals surface area contributed by atoms with E-state index in [1.165, 1.54) is 12.1 Å². The van der Waals surface area contributed by atoms with Crippen LogP contribution in [0.15, 0.2) is 18.2 Å². The van der Waals surface area contributed by atoms with Crippen LogP contribution in [0.3, 0.4) is 0 Å². The molecule has 0 aliphatic carbocycles. The summed E-state index contributed by atoms with van der Waals surface area (Å²) in [7, 11) is 0. The van der Waals surface area contributed by atoms with Gasteiger partial charge in [-0.25, -0.2) is 9.18 Å². The lowest BCUT2D eigenvalue weighted by atomic mass is 9.95. The number of carbonyl (C=O) groups is 1. The summed E-state index contributed by atoms with van der Waals surface area (Å²) in [4.78, 5) is 10.7. The molecule has 1 rings (SSSR count). The van der Waals surface area contributed by atoms with Crippen molar-refractivity contribution in [3.8, 4) is 0 Å². The second-order valence-corrected chi connectivity index (χ2v) is 3.81. The molecule has 1 aromatic rings. The zero-order valence-corrected chi connectivity index (χ0v) is 8.70. The molecule has 4 heteroatoms. The van der Waals surface area contributed by atoms with Crippen molar-refractivity contribution in [1.82, 2.24) is 0 Å². The Bertz CT molecular complexity index is 377. The smallest absolute Gasteiger partial charge is 0.335 e. The number of rotatable bonds is 3. The van der Waals surface area contributed by atoms with Crippen molar-refractivity contribution in [2.45, 2.75) is 19.9 Å². The third kappa shape index (κ3) is 2.53. The van der Waals surface area contributed by atoms with Crippen molar-refractivity contribution in [2.24, 2.45) is 11.7 Å². The Morgan fingerprint density at radius 1 is 1.47 bits per heavy atom. The van der Waals surface area contributed by atoms with E-state index in [1.54, 1.807) is 0 Å². The molecule has 0 aromatic heterocycles. The molecule has 3 N–H and O–H groups in total. The van der Waals surface area contributed by atoms with Gasteiger partial charge in [0.1, 0.15) is 5.82 Å². The summed E-state index contributed by atoms with van der Waals surface area (Å²) in [5.74, 6) is -1.48. The van der Waals surface area contributed by atoms with E-state index in [0.29, 0.717) is 0 Å². The molecule has 0 radical (unpaired) electrons. The lowest BCUT2D eigenvalue weighted by Crippen LogP contribution is -2.18. The van der Waals surface area contributed by atoms with Gasteiger partial charge in [0.05, 0.1) is 5.56 Å². The molecule has 1 atom stereocenters. The second-order valence-electron chi connectivity index (χ2n) is 3.81. The highest BCUT2D eigenvalue weighted by atomic mass is 19.1. The highest BCUT2D eigenvalue weighted by molar-refractivity contribution is 5.87. The minimum atomic E-state index is -1.08. The van der Waals surface area contributed by atoms with E-state index in [9.17, 15) is 9.18 Å². The summed E-state index contributed by atoms with van der Waals surface area (Å²) in [6.07, 6.45) is 0. The van der Waals surface area contributed by atoms with Crippen LogP contribution in [0.2, 0.25) is 0 Å². The molecule has 0 spiro atoms. The van der Waals surface area contributed by atoms with Crippen LogP contribution in [0.1, 0.15) is 35.8 Å². The molecule has 0 aliphatic rings. The van der Waals surface area contributed by atoms with Crippen LogP contribution in [-0.2, 0) is 0 Å². The van der Waals surface area contributed by atoms with Gasteiger partial charge in [0.15, 0.2) is 0 Å². The molecule has 0 saturated heterocycles. The molecule has 15 heavy (non-hydrogen) atoms. The number of nitrogens with two attached hydrogens (primary N) is 1. The molecule has 0 heterocycles. The van der Waals surface area contributed by atoms with E-state index in [0.717, 1.165) is 6.07 Å². The second kappa shape index (κ2) is 4.40. The van der Waals surface area contributed by atoms with Crippen LogP contribution >= 0.6 is 0 Å². The Morgan fingerprint density at radius 2 is 2.07 bits per heavy atom. The quantitative estimate of drug-likeness (QED) is 0.805. The number of benzene rings is 1. The van der Waals surface area contributed by atoms with Crippen molar-refractivity contribution < 1.29 is 14.3 Å². The average molecular weight is 211 g/mol. The highest BCUT2D eigenvalue weighted by Crippen LogP contribution is 2.22. The Hall–Kier alpha value is -1.42. The first-order valence-corrected chi connectivity index (χ1v) is 4.71. The van der Waals surface area contributed by atoms with Gasteiger partial charge in [0.2, 0.25) is 0 Å². The van der Waals surface area contributed by atoms with E-state index in [1.807, 2.05) is 13.8 Å². The molecular weight excluding hydrogens is 197 g/mol. The van der Waals surface area contributed by atoms with E-state index in [4.69, 9.17) is 10.8 Å². The molecule has 0 bridgehead atoms. The first kappa shape index (κ1) is 11.7. The molecule has 0 fully saturated rings. The van der Waals surface area contributed by atoms with Gasteiger partial charge < -0.3 is 10.8 Å². The van der Waals surface area contributed by atoms with Gasteiger partial charge in [-0.2, -0.15) is 0 Å². The third-order valence-electron chi connectivity index (χ3n) is 2.32. The fourth-order valence-electron chi connectivity index (χ4n) is 1.29. The van der Waals surface area contributed by atoms with Gasteiger partial charge in [-0.3, -0.25) is 0 Å². The minimum absolute atomic E-state index is 0.0579. The largest absolute Gasteiger partial charge is 0.478 e. The summed E-state index contributed by atoms with van der Waals surface area (Å²) in [6.45, 7) is 3.72. The van der Waals surface area contributed by atoms with Crippen LogP contribution in [0.4, 0.5) is 4.39 Å². The molecule has 0 saturated carbocycles. The van der Waals surface area contributed by atoms with Crippen molar-refractivity contribution in [3.63, 3.8) is 0 Å². The summed E-state index contributed by atoms with van der Waals surface area (Å²) in [5, 5.41) is 8.76. The van der Waals surface area contributed by atoms with E-state index in [2.05, 4.69) is 0 Å². The average Bonchev–Trinajstić information content (AvgIpc) is 2.16. The predicted molar refractivity (Wildman–Crippen MR) is 55.1 cm³/mol. The molecule has 0 amide bonds. The minimum Gasteiger partial charge on any atom is -0.478 e. The molecule has 82 valence electrons. The number of carboxylic acids is 1. The Morgan fingerprint density at radius 3 is 2.53 bits per heavy atom. The SMILES string of the molecule is CC(C)[C@H](N)c1cc(C(=O)O)ccc1F. The first-order chi connectivity index (χ1) is 6.93. The van der Waals surface area contributed by atoms with Gasteiger partial charge in [0, 0.05) is 11.6 Å². The normalized spacial score (nSPS) is 12.9. The number of carboxylic acid groups (broad SMARTS) is 1. The molecule has 3 nitrogen and oxygen atoms in total. The van der Waals surface area contributed by atoms with Gasteiger partial charge in [-0.05, 0) is 24.1 Å². The summed E-state index contributed by atoms with van der Waals surface area (Å²) < 4.78 is 13.4. The van der Waals surface area contributed by atoms with Crippen LogP contribution < -0.4 is 5.73 Å². The topological polar surface area (TPSA) is 63.3 Å². The number of halogens is 1. The molecule has 1 aromatic carbocycles. The van der Waals surface area contributed by atoms with Gasteiger partial charge >= 0.3 is 5.97 Å². The Balaban J connectivity index is 3.16. The lowest BCUT2D eigenvalue weighted by molar-refractivity contribution is 0.0696. The molecule has 0 unspecified atom stereocenters. The van der Waals surface area contributed by atoms with E-state index < -0.39 is 17.8 Å². The van der Waals surface area contributed by atoms with Crippen LogP contribution in [0, 0.1) is 11.7 Å². The summed E-state index contributed by atoms with van der Waals surface area (Å²) in [5.41, 5.74) is 6.09. The van der Waals surface area contributed by atoms with Crippen molar-refractivity contribution in [2.75, 3.05) is 0 Å². The van der Waals surface area contributed by atoms with Crippen molar-refractivity contribution in [3.05, 3.63) is 35.1 Å². The van der Waals surface area contributed by atoms with Crippen molar-refractivity contribution >= 4 is 5.97 Å². The summed E-state index contributed by atoms with van der Waals surface area (Å²) in [6, 6.07) is 3.18. The first-order valence-electron chi connectivity index (χ1n) is 4.71. The maximum Gasteiger partial charge on any atom is 0.335 e. The van der Waals surface area contributed by atoms with Crippen LogP contribution in [-0.4, -0.2) is 11.1 Å². The number of aromatic carboxylic acids is 1. The molecular formula is C11H14FNO2. The maximum atomic E-state index is 13.4. The Kier molecular flexibility index (Phi) is 3.42. The zero-order chi connectivity index (χ0) is 11.6. The van der Waals surface area contributed by atoms with Gasteiger partial charge in [0.25, 0.3) is 0 Å². The number of hydrogen-bond donors (Lipinski definition) is 2. The highest BCUT2D eigenvalue weighted by Gasteiger charge is 2.16. The van der Waals surface area contributed by atoms with Crippen LogP contribution in [0.5, 0.6) is 0 Å². The fourth-order valence-corrected chi connectivity index (χ4v) is 1.29. The molecule has 0 aliphatic heterocycles. The maximum absolute atomic E-state index is 13.4. The summed E-state index contributed by atoms with van der Waals surface area (Å²) >= 11 is 0. The zero-order valence-electron chi connectivity index (χ0n) is 8.70. The van der Waals surface area contributed by atoms with E-state index >= 15 is 0 Å².